The van der Waals surface area contributed by atoms with Crippen molar-refractivity contribution in [2.24, 2.45) is 0 Å². The van der Waals surface area contributed by atoms with Gasteiger partial charge in [0.1, 0.15) is 11.5 Å². The summed E-state index contributed by atoms with van der Waals surface area (Å²) in [6.07, 6.45) is 4.61. The van der Waals surface area contributed by atoms with Crippen LogP contribution in [0.1, 0.15) is 23.3 Å². The zero-order chi connectivity index (χ0) is 15.4. The zero-order valence-electron chi connectivity index (χ0n) is 11.8. The Kier molecular flexibility index (Phi) is 4.09. The summed E-state index contributed by atoms with van der Waals surface area (Å²) in [6.45, 7) is 0.682. The number of nitrogens with zero attached hydrogens (tertiary/aromatic N) is 3. The lowest BCUT2D eigenvalue weighted by atomic mass is 10.1. The van der Waals surface area contributed by atoms with Crippen molar-refractivity contribution in [2.45, 2.75) is 19.4 Å². The number of Topliss-reactive ketones (excluding diaryl/α,β-unsaturated/α-hetero) is 1. The Bertz CT molecular complexity index is 748. The number of hydrogen-bond acceptors (Lipinski definition) is 4. The van der Waals surface area contributed by atoms with Gasteiger partial charge in [0, 0.05) is 37.0 Å². The molecule has 0 bridgehead atoms. The van der Waals surface area contributed by atoms with Crippen LogP contribution in [0.25, 0.3) is 11.3 Å². The molecular formula is C16H14FN3O2. The number of rotatable bonds is 6. The van der Waals surface area contributed by atoms with Gasteiger partial charge in [-0.15, -0.1) is 0 Å². The second kappa shape index (κ2) is 6.34. The minimum Gasteiger partial charge on any atom is -0.356 e. The molecule has 1 aromatic carbocycles. The van der Waals surface area contributed by atoms with Gasteiger partial charge in [0.25, 0.3) is 0 Å². The fraction of sp³-hybridized carbons (Fsp3) is 0.188. The quantitative estimate of drug-likeness (QED) is 0.655. The molecule has 0 aliphatic heterocycles. The van der Waals surface area contributed by atoms with Crippen molar-refractivity contribution in [1.82, 2.24) is 14.9 Å². The highest BCUT2D eigenvalue weighted by atomic mass is 19.1. The van der Waals surface area contributed by atoms with Gasteiger partial charge in [-0.05, 0) is 36.8 Å². The highest BCUT2D eigenvalue weighted by Gasteiger charge is 2.13. The highest BCUT2D eigenvalue weighted by Crippen LogP contribution is 2.21. The van der Waals surface area contributed by atoms with Gasteiger partial charge in [-0.25, -0.2) is 4.39 Å². The number of aryl methyl sites for hydroxylation is 1. The first-order chi connectivity index (χ1) is 10.7. The molecule has 2 heterocycles. The second-order valence-electron chi connectivity index (χ2n) is 4.88. The topological polar surface area (TPSA) is 60.9 Å². The Morgan fingerprint density at radius 3 is 2.82 bits per heavy atom. The van der Waals surface area contributed by atoms with Gasteiger partial charge >= 0.3 is 0 Å². The van der Waals surface area contributed by atoms with Crippen LogP contribution in [0.4, 0.5) is 4.39 Å². The Morgan fingerprint density at radius 1 is 1.27 bits per heavy atom. The third-order valence-electron chi connectivity index (χ3n) is 3.27. The van der Waals surface area contributed by atoms with E-state index >= 15 is 0 Å². The smallest absolute Gasteiger partial charge is 0.184 e. The van der Waals surface area contributed by atoms with Crippen LogP contribution < -0.4 is 0 Å². The van der Waals surface area contributed by atoms with E-state index in [1.165, 1.54) is 12.1 Å². The minimum atomic E-state index is -0.321. The number of carbonyl (C=O) groups is 1. The van der Waals surface area contributed by atoms with Crippen LogP contribution in [0.3, 0.4) is 0 Å². The summed E-state index contributed by atoms with van der Waals surface area (Å²) < 4.78 is 19.8. The van der Waals surface area contributed by atoms with Crippen molar-refractivity contribution in [1.29, 1.82) is 0 Å². The molecule has 22 heavy (non-hydrogen) atoms. The normalized spacial score (nSPS) is 10.8. The minimum absolute atomic E-state index is 0.0794. The summed E-state index contributed by atoms with van der Waals surface area (Å²) in [6, 6.07) is 9.27. The second-order valence-corrected chi connectivity index (χ2v) is 4.88. The maximum Gasteiger partial charge on any atom is 0.184 e. The molecule has 0 radical (unpaired) electrons. The van der Waals surface area contributed by atoms with E-state index < -0.39 is 0 Å². The van der Waals surface area contributed by atoms with E-state index in [9.17, 15) is 9.18 Å². The summed E-state index contributed by atoms with van der Waals surface area (Å²) in [7, 11) is 0. The summed E-state index contributed by atoms with van der Waals surface area (Å²) in [5.74, 6) is 0.0536. The lowest BCUT2D eigenvalue weighted by Gasteiger charge is -1.99. The molecule has 0 amide bonds. The van der Waals surface area contributed by atoms with Crippen molar-refractivity contribution in [3.63, 3.8) is 0 Å². The fourth-order valence-corrected chi connectivity index (χ4v) is 2.12. The molecule has 3 rings (SSSR count). The van der Waals surface area contributed by atoms with Gasteiger partial charge in [0.2, 0.25) is 0 Å². The molecule has 5 nitrogen and oxygen atoms in total. The van der Waals surface area contributed by atoms with Crippen LogP contribution in [0.15, 0.2) is 53.3 Å². The maximum absolute atomic E-state index is 12.9. The molecule has 112 valence electrons. The molecule has 0 saturated heterocycles. The standard InChI is InChI=1S/C16H14FN3O2/c17-13-6-4-12(5-7-13)16-11-14(19-22-16)15(21)3-1-9-20-10-2-8-18-20/h2,4-8,10-11H,1,3,9H2. The van der Waals surface area contributed by atoms with Gasteiger partial charge in [-0.1, -0.05) is 5.16 Å². The molecule has 0 atom stereocenters. The van der Waals surface area contributed by atoms with Gasteiger partial charge in [0.15, 0.2) is 11.5 Å². The highest BCUT2D eigenvalue weighted by molar-refractivity contribution is 5.94. The van der Waals surface area contributed by atoms with Gasteiger partial charge in [-0.3, -0.25) is 9.48 Å². The van der Waals surface area contributed by atoms with E-state index in [-0.39, 0.29) is 11.6 Å². The number of halogens is 1. The van der Waals surface area contributed by atoms with Crippen molar-refractivity contribution < 1.29 is 13.7 Å². The molecule has 0 aliphatic carbocycles. The number of benzene rings is 1. The first kappa shape index (κ1) is 14.2. The first-order valence-electron chi connectivity index (χ1n) is 6.95. The predicted molar refractivity (Wildman–Crippen MR) is 77.7 cm³/mol. The third kappa shape index (κ3) is 3.28. The monoisotopic (exact) mass is 299 g/mol. The summed E-state index contributed by atoms with van der Waals surface area (Å²) in [5, 5.41) is 7.87. The molecule has 3 aromatic rings. The van der Waals surface area contributed by atoms with Gasteiger partial charge in [0.05, 0.1) is 0 Å². The molecular weight excluding hydrogens is 285 g/mol. The van der Waals surface area contributed by atoms with E-state index in [1.54, 1.807) is 29.1 Å². The molecule has 0 aliphatic rings. The molecule has 0 N–H and O–H groups in total. The zero-order valence-corrected chi connectivity index (χ0v) is 11.8. The first-order valence-corrected chi connectivity index (χ1v) is 6.95. The number of carbonyl (C=O) groups excluding carboxylic acids is 1. The van der Waals surface area contributed by atoms with E-state index in [1.807, 2.05) is 12.3 Å². The van der Waals surface area contributed by atoms with Crippen LogP contribution in [-0.4, -0.2) is 20.7 Å². The third-order valence-corrected chi connectivity index (χ3v) is 3.27. The fourth-order valence-electron chi connectivity index (χ4n) is 2.12. The van der Waals surface area contributed by atoms with Gasteiger partial charge < -0.3 is 4.52 Å². The molecule has 2 aromatic heterocycles. The van der Waals surface area contributed by atoms with Crippen molar-refractivity contribution >= 4 is 5.78 Å². The van der Waals surface area contributed by atoms with Crippen LogP contribution in [0.5, 0.6) is 0 Å². The molecule has 0 fully saturated rings. The Hall–Kier alpha value is -2.76. The van der Waals surface area contributed by atoms with Gasteiger partial charge in [-0.2, -0.15) is 5.10 Å². The lowest BCUT2D eigenvalue weighted by molar-refractivity contribution is 0.0969. The number of aromatic nitrogens is 3. The molecule has 0 unspecified atom stereocenters. The average molecular weight is 299 g/mol. The summed E-state index contributed by atoms with van der Waals surface area (Å²) in [4.78, 5) is 12.1. The maximum atomic E-state index is 12.9. The van der Waals surface area contributed by atoms with E-state index in [0.29, 0.717) is 36.4 Å². The molecule has 6 heteroatoms. The lowest BCUT2D eigenvalue weighted by Crippen LogP contribution is -2.04. The Balaban J connectivity index is 1.60. The van der Waals surface area contributed by atoms with E-state index in [0.717, 1.165) is 0 Å². The largest absolute Gasteiger partial charge is 0.356 e. The van der Waals surface area contributed by atoms with E-state index in [4.69, 9.17) is 4.52 Å². The Labute approximate surface area is 126 Å². The predicted octanol–water partition coefficient (Wildman–Crippen LogP) is 3.34. The molecule has 0 spiro atoms. The number of ketones is 1. The van der Waals surface area contributed by atoms with E-state index in [2.05, 4.69) is 10.3 Å². The Morgan fingerprint density at radius 2 is 2.09 bits per heavy atom. The van der Waals surface area contributed by atoms with Crippen molar-refractivity contribution in [3.05, 3.63) is 60.3 Å². The van der Waals surface area contributed by atoms with Crippen molar-refractivity contribution in [3.8, 4) is 11.3 Å². The van der Waals surface area contributed by atoms with Crippen LogP contribution >= 0.6 is 0 Å². The van der Waals surface area contributed by atoms with Crippen molar-refractivity contribution in [2.75, 3.05) is 0 Å². The number of hydrogen-bond donors (Lipinski definition) is 0. The SMILES string of the molecule is O=C(CCCn1cccn1)c1cc(-c2ccc(F)cc2)on1. The summed E-state index contributed by atoms with van der Waals surface area (Å²) >= 11 is 0. The molecule has 0 saturated carbocycles. The summed E-state index contributed by atoms with van der Waals surface area (Å²) in [5.41, 5.74) is 0.976. The van der Waals surface area contributed by atoms with Crippen LogP contribution in [0, 0.1) is 5.82 Å². The average Bonchev–Trinajstić information content (AvgIpc) is 3.19. The van der Waals surface area contributed by atoms with Crippen LogP contribution in [0.2, 0.25) is 0 Å². The van der Waals surface area contributed by atoms with Crippen LogP contribution in [-0.2, 0) is 6.54 Å².